The first-order valence-electron chi connectivity index (χ1n) is 6.07. The summed E-state index contributed by atoms with van der Waals surface area (Å²) in [5.41, 5.74) is 0. The summed E-state index contributed by atoms with van der Waals surface area (Å²) < 4.78 is 0. The number of hydrogen-bond acceptors (Lipinski definition) is 0. The molecule has 2 atom stereocenters. The van der Waals surface area contributed by atoms with E-state index in [0.29, 0.717) is 0 Å². The van der Waals surface area contributed by atoms with E-state index in [1.165, 1.54) is 38.5 Å². The Labute approximate surface area is 84.1 Å². The van der Waals surface area contributed by atoms with Crippen LogP contribution in [0.4, 0.5) is 0 Å². The third kappa shape index (κ3) is 3.32. The Balaban J connectivity index is 2.26. The van der Waals surface area contributed by atoms with Crippen LogP contribution in [-0.2, 0) is 0 Å². The zero-order chi connectivity index (χ0) is 9.68. The Kier molecular flexibility index (Phi) is 4.83. The fourth-order valence-corrected chi connectivity index (χ4v) is 2.73. The molecule has 0 saturated heterocycles. The van der Waals surface area contributed by atoms with Crippen molar-refractivity contribution in [3.05, 3.63) is 6.42 Å². The first-order valence-corrected chi connectivity index (χ1v) is 6.07. The predicted molar refractivity (Wildman–Crippen MR) is 59.5 cm³/mol. The van der Waals surface area contributed by atoms with Gasteiger partial charge in [-0.3, -0.25) is 0 Å². The van der Waals surface area contributed by atoms with Crippen LogP contribution < -0.4 is 0 Å². The number of rotatable bonds is 4. The van der Waals surface area contributed by atoms with Gasteiger partial charge in [0.15, 0.2) is 0 Å². The molecule has 0 nitrogen and oxygen atoms in total. The average molecular weight is 181 g/mol. The molecule has 1 rings (SSSR count). The Bertz CT molecular complexity index is 118. The molecule has 0 heterocycles. The Morgan fingerprint density at radius 3 is 2.31 bits per heavy atom. The van der Waals surface area contributed by atoms with Gasteiger partial charge >= 0.3 is 0 Å². The van der Waals surface area contributed by atoms with E-state index >= 15 is 0 Å². The lowest BCUT2D eigenvalue weighted by Gasteiger charge is -2.34. The topological polar surface area (TPSA) is 0 Å². The maximum Gasteiger partial charge on any atom is -0.0360 e. The third-order valence-corrected chi connectivity index (χ3v) is 3.71. The van der Waals surface area contributed by atoms with Gasteiger partial charge in [0.2, 0.25) is 0 Å². The van der Waals surface area contributed by atoms with E-state index in [1.807, 2.05) is 0 Å². The van der Waals surface area contributed by atoms with Gasteiger partial charge in [-0.25, -0.2) is 0 Å². The molecule has 0 heteroatoms. The van der Waals surface area contributed by atoms with Crippen molar-refractivity contribution in [1.29, 1.82) is 0 Å². The van der Waals surface area contributed by atoms with E-state index in [2.05, 4.69) is 27.2 Å². The molecule has 0 aromatic carbocycles. The molecule has 1 saturated carbocycles. The van der Waals surface area contributed by atoms with Crippen LogP contribution >= 0.6 is 0 Å². The van der Waals surface area contributed by atoms with Crippen molar-refractivity contribution in [3.63, 3.8) is 0 Å². The van der Waals surface area contributed by atoms with E-state index in [1.54, 1.807) is 0 Å². The second kappa shape index (κ2) is 5.67. The number of unbranched alkanes of at least 4 members (excludes halogenated alkanes) is 2. The van der Waals surface area contributed by atoms with Crippen LogP contribution in [0.1, 0.15) is 59.3 Å². The van der Waals surface area contributed by atoms with Gasteiger partial charge in [-0.1, -0.05) is 52.9 Å². The molecular formula is C13H25. The maximum atomic E-state index is 2.52. The van der Waals surface area contributed by atoms with Gasteiger partial charge in [0.25, 0.3) is 0 Å². The Hall–Kier alpha value is 0. The fourth-order valence-electron chi connectivity index (χ4n) is 2.73. The predicted octanol–water partition coefficient (Wildman–Crippen LogP) is 4.45. The van der Waals surface area contributed by atoms with Gasteiger partial charge in [-0.05, 0) is 30.6 Å². The summed E-state index contributed by atoms with van der Waals surface area (Å²) in [6.07, 6.45) is 10.9. The van der Waals surface area contributed by atoms with E-state index in [9.17, 15) is 0 Å². The fraction of sp³-hybridized carbons (Fsp3) is 0.923. The second-order valence-corrected chi connectivity index (χ2v) is 4.86. The van der Waals surface area contributed by atoms with Gasteiger partial charge in [-0.2, -0.15) is 0 Å². The summed E-state index contributed by atoms with van der Waals surface area (Å²) in [5, 5.41) is 0. The second-order valence-electron chi connectivity index (χ2n) is 4.86. The lowest BCUT2D eigenvalue weighted by atomic mass is 9.71. The molecule has 0 aliphatic heterocycles. The van der Waals surface area contributed by atoms with Crippen molar-refractivity contribution in [1.82, 2.24) is 0 Å². The standard InChI is InChI=1S/C13H25/c1-4-5-6-10-13-11(2)8-7-9-12(13)3/h6,11-13H,4-5,7-10H2,1-3H3. The molecule has 0 spiro atoms. The van der Waals surface area contributed by atoms with Gasteiger partial charge < -0.3 is 0 Å². The lowest BCUT2D eigenvalue weighted by Crippen LogP contribution is -2.24. The highest BCUT2D eigenvalue weighted by Gasteiger charge is 2.26. The molecule has 0 aromatic rings. The molecule has 77 valence electrons. The SMILES string of the molecule is CCC[CH]CC1C(C)CCCC1C. The van der Waals surface area contributed by atoms with Crippen LogP contribution in [0.2, 0.25) is 0 Å². The van der Waals surface area contributed by atoms with Crippen LogP contribution in [-0.4, -0.2) is 0 Å². The highest BCUT2D eigenvalue weighted by molar-refractivity contribution is 4.81. The molecule has 2 unspecified atom stereocenters. The summed E-state index contributed by atoms with van der Waals surface area (Å²) in [5.74, 6) is 2.93. The molecule has 1 radical (unpaired) electrons. The highest BCUT2D eigenvalue weighted by atomic mass is 14.3. The van der Waals surface area contributed by atoms with Crippen molar-refractivity contribution in [2.75, 3.05) is 0 Å². The molecule has 0 N–H and O–H groups in total. The summed E-state index contributed by atoms with van der Waals surface area (Å²) in [6.45, 7) is 7.16. The maximum absolute atomic E-state index is 2.52. The van der Waals surface area contributed by atoms with Crippen LogP contribution in [0.5, 0.6) is 0 Å². The average Bonchev–Trinajstić information content (AvgIpc) is 2.10. The molecule has 1 aliphatic rings. The zero-order valence-electron chi connectivity index (χ0n) is 9.55. The van der Waals surface area contributed by atoms with Gasteiger partial charge in [-0.15, -0.1) is 0 Å². The Morgan fingerprint density at radius 2 is 1.77 bits per heavy atom. The van der Waals surface area contributed by atoms with Crippen LogP contribution in [0.25, 0.3) is 0 Å². The minimum absolute atomic E-state index is 0.969. The van der Waals surface area contributed by atoms with Crippen molar-refractivity contribution in [2.24, 2.45) is 17.8 Å². The van der Waals surface area contributed by atoms with Crippen molar-refractivity contribution >= 4 is 0 Å². The first kappa shape index (κ1) is 11.1. The van der Waals surface area contributed by atoms with E-state index in [0.717, 1.165) is 17.8 Å². The third-order valence-electron chi connectivity index (χ3n) is 3.71. The van der Waals surface area contributed by atoms with Crippen LogP contribution in [0.3, 0.4) is 0 Å². The van der Waals surface area contributed by atoms with Gasteiger partial charge in [0.05, 0.1) is 0 Å². The first-order chi connectivity index (χ1) is 6.25. The summed E-state index contributed by atoms with van der Waals surface area (Å²) in [6, 6.07) is 0. The van der Waals surface area contributed by atoms with Crippen molar-refractivity contribution in [2.45, 2.75) is 59.3 Å². The zero-order valence-corrected chi connectivity index (χ0v) is 9.55. The smallest absolute Gasteiger partial charge is 0.0360 e. The van der Waals surface area contributed by atoms with E-state index in [4.69, 9.17) is 0 Å². The van der Waals surface area contributed by atoms with Gasteiger partial charge in [0.1, 0.15) is 0 Å². The molecular weight excluding hydrogens is 156 g/mol. The van der Waals surface area contributed by atoms with Crippen LogP contribution in [0, 0.1) is 24.2 Å². The minimum atomic E-state index is 0.969. The summed E-state index contributed by atoms with van der Waals surface area (Å²) >= 11 is 0. The molecule has 1 fully saturated rings. The minimum Gasteiger partial charge on any atom is -0.0654 e. The number of hydrogen-bond donors (Lipinski definition) is 0. The lowest BCUT2D eigenvalue weighted by molar-refractivity contribution is 0.176. The molecule has 0 amide bonds. The molecule has 1 aliphatic carbocycles. The summed E-state index contributed by atoms with van der Waals surface area (Å²) in [4.78, 5) is 0. The molecule has 0 aromatic heterocycles. The Morgan fingerprint density at radius 1 is 1.15 bits per heavy atom. The van der Waals surface area contributed by atoms with Gasteiger partial charge in [0, 0.05) is 0 Å². The van der Waals surface area contributed by atoms with Crippen molar-refractivity contribution < 1.29 is 0 Å². The monoisotopic (exact) mass is 181 g/mol. The normalized spacial score (nSPS) is 34.8. The van der Waals surface area contributed by atoms with Crippen LogP contribution in [0.15, 0.2) is 0 Å². The van der Waals surface area contributed by atoms with Crippen molar-refractivity contribution in [3.8, 4) is 0 Å². The van der Waals surface area contributed by atoms with E-state index < -0.39 is 0 Å². The quantitative estimate of drug-likeness (QED) is 0.562. The highest BCUT2D eigenvalue weighted by Crippen LogP contribution is 2.37. The largest absolute Gasteiger partial charge is 0.0654 e. The molecule has 0 bridgehead atoms. The summed E-state index contributed by atoms with van der Waals surface area (Å²) in [7, 11) is 0. The van der Waals surface area contributed by atoms with E-state index in [-0.39, 0.29) is 0 Å². The molecule has 13 heavy (non-hydrogen) atoms.